The minimum absolute atomic E-state index is 0.0256. The molecule has 0 aromatic rings. The second-order valence-corrected chi connectivity index (χ2v) is 10.5. The van der Waals surface area contributed by atoms with Crippen LogP contribution in [0.1, 0.15) is 80.6 Å². The maximum atomic E-state index is 13.4. The van der Waals surface area contributed by atoms with Crippen molar-refractivity contribution in [3.05, 3.63) is 0 Å². The van der Waals surface area contributed by atoms with Crippen molar-refractivity contribution in [3.63, 3.8) is 0 Å². The molecule has 0 N–H and O–H groups in total. The van der Waals surface area contributed by atoms with Crippen molar-refractivity contribution in [1.29, 1.82) is 0 Å². The Hall–Kier alpha value is 0.170. The van der Waals surface area contributed by atoms with Crippen LogP contribution in [0.4, 0.5) is 0 Å². The van der Waals surface area contributed by atoms with Gasteiger partial charge in [0.25, 0.3) is 0 Å². The van der Waals surface area contributed by atoms with Crippen LogP contribution < -0.4 is 0 Å². The van der Waals surface area contributed by atoms with Gasteiger partial charge in [0.05, 0.1) is 5.41 Å². The molecule has 0 aromatic carbocycles. The van der Waals surface area contributed by atoms with E-state index in [1.807, 2.05) is 11.8 Å². The molecule has 0 bridgehead atoms. The number of esters is 1. The minimum Gasteiger partial charge on any atom is -0.450 e. The third kappa shape index (κ3) is 4.87. The Labute approximate surface area is 158 Å². The highest BCUT2D eigenvalue weighted by Gasteiger charge is 2.52. The lowest BCUT2D eigenvalue weighted by Gasteiger charge is -2.48. The van der Waals surface area contributed by atoms with E-state index in [-0.39, 0.29) is 22.2 Å². The number of thioether (sulfide) groups is 2. The largest absolute Gasteiger partial charge is 0.450 e. The number of hydrogen-bond acceptors (Lipinski definition) is 4. The molecule has 1 rings (SSSR count). The molecule has 0 saturated carbocycles. The van der Waals surface area contributed by atoms with Gasteiger partial charge in [-0.25, -0.2) is 0 Å². The van der Waals surface area contributed by atoms with Crippen LogP contribution in [0, 0.1) is 16.2 Å². The molecular formula is C20H38O2S2. The second-order valence-electron chi connectivity index (χ2n) is 8.07. The van der Waals surface area contributed by atoms with Crippen LogP contribution in [0.2, 0.25) is 0 Å². The van der Waals surface area contributed by atoms with Crippen LogP contribution in [0.25, 0.3) is 0 Å². The maximum Gasteiger partial charge on any atom is 0.313 e. The molecule has 0 spiro atoms. The Morgan fingerprint density at radius 1 is 1.00 bits per heavy atom. The molecule has 0 aromatic heterocycles. The lowest BCUT2D eigenvalue weighted by atomic mass is 9.56. The van der Waals surface area contributed by atoms with Gasteiger partial charge in [0, 0.05) is 17.3 Å². The quantitative estimate of drug-likeness (QED) is 0.437. The Morgan fingerprint density at radius 2 is 1.58 bits per heavy atom. The summed E-state index contributed by atoms with van der Waals surface area (Å²) in [6.07, 6.45) is 5.12. The van der Waals surface area contributed by atoms with Crippen LogP contribution >= 0.6 is 23.5 Å². The standard InChI is InChI=1S/C20H38O2S2/c1-8-18(5,9-2)15-20(7,19(6,10-3)11-4)17(21)22-16-14-23-12-13-24-16/h16H,8-15H2,1-7H3. The summed E-state index contributed by atoms with van der Waals surface area (Å²) in [5, 5.41) is 0. The fraction of sp³-hybridized carbons (Fsp3) is 0.950. The minimum atomic E-state index is -0.431. The summed E-state index contributed by atoms with van der Waals surface area (Å²) in [6.45, 7) is 15.7. The van der Waals surface area contributed by atoms with Crippen LogP contribution in [0.5, 0.6) is 0 Å². The highest BCUT2D eigenvalue weighted by Crippen LogP contribution is 2.53. The molecule has 2 atom stereocenters. The van der Waals surface area contributed by atoms with Crippen molar-refractivity contribution >= 4 is 29.5 Å². The van der Waals surface area contributed by atoms with Crippen molar-refractivity contribution < 1.29 is 9.53 Å². The molecule has 1 aliphatic heterocycles. The van der Waals surface area contributed by atoms with Gasteiger partial charge in [0.1, 0.15) is 0 Å². The average molecular weight is 375 g/mol. The van der Waals surface area contributed by atoms with Crippen molar-refractivity contribution in [2.24, 2.45) is 16.2 Å². The van der Waals surface area contributed by atoms with Gasteiger partial charge >= 0.3 is 5.97 Å². The first-order valence-electron chi connectivity index (χ1n) is 9.60. The van der Waals surface area contributed by atoms with Gasteiger partial charge in [-0.2, -0.15) is 11.8 Å². The van der Waals surface area contributed by atoms with Gasteiger partial charge in [0.15, 0.2) is 5.44 Å². The molecule has 1 fully saturated rings. The van der Waals surface area contributed by atoms with Crippen molar-refractivity contribution in [2.75, 3.05) is 17.3 Å². The number of ether oxygens (including phenoxy) is 1. The number of carbonyl (C=O) groups is 1. The van der Waals surface area contributed by atoms with Crippen LogP contribution in [0.3, 0.4) is 0 Å². The van der Waals surface area contributed by atoms with E-state index in [9.17, 15) is 4.79 Å². The van der Waals surface area contributed by atoms with Crippen molar-refractivity contribution in [1.82, 2.24) is 0 Å². The predicted molar refractivity (Wildman–Crippen MR) is 110 cm³/mol. The molecule has 2 nitrogen and oxygen atoms in total. The Morgan fingerprint density at radius 3 is 2.00 bits per heavy atom. The summed E-state index contributed by atoms with van der Waals surface area (Å²) >= 11 is 3.70. The zero-order valence-electron chi connectivity index (χ0n) is 16.9. The summed E-state index contributed by atoms with van der Waals surface area (Å²) < 4.78 is 6.04. The molecule has 24 heavy (non-hydrogen) atoms. The SMILES string of the molecule is CCC(C)(CC)CC(C)(C(=O)OC1CSCCS1)C(C)(CC)CC. The number of hydrogen-bond donors (Lipinski definition) is 0. The van der Waals surface area contributed by atoms with Gasteiger partial charge in [-0.3, -0.25) is 4.79 Å². The third-order valence-corrected chi connectivity index (χ3v) is 9.43. The number of carbonyl (C=O) groups excluding carboxylic acids is 1. The zero-order valence-corrected chi connectivity index (χ0v) is 18.5. The smallest absolute Gasteiger partial charge is 0.313 e. The number of rotatable bonds is 9. The molecule has 0 amide bonds. The summed E-state index contributed by atoms with van der Waals surface area (Å²) in [7, 11) is 0. The van der Waals surface area contributed by atoms with Gasteiger partial charge in [-0.15, -0.1) is 11.8 Å². The second kappa shape index (κ2) is 9.21. The van der Waals surface area contributed by atoms with Gasteiger partial charge in [0.2, 0.25) is 0 Å². The summed E-state index contributed by atoms with van der Waals surface area (Å²) in [5.41, 5.74) is -0.237. The van der Waals surface area contributed by atoms with E-state index in [2.05, 4.69) is 48.5 Å². The van der Waals surface area contributed by atoms with Crippen molar-refractivity contribution in [3.8, 4) is 0 Å². The fourth-order valence-corrected chi connectivity index (χ4v) is 6.07. The average Bonchev–Trinajstić information content (AvgIpc) is 2.61. The summed E-state index contributed by atoms with van der Waals surface area (Å²) in [5.74, 6) is 3.21. The van der Waals surface area contributed by atoms with Crippen LogP contribution in [-0.4, -0.2) is 28.7 Å². The first kappa shape index (κ1) is 22.2. The van der Waals surface area contributed by atoms with E-state index in [4.69, 9.17) is 4.74 Å². The van der Waals surface area contributed by atoms with E-state index in [0.29, 0.717) is 0 Å². The first-order chi connectivity index (χ1) is 11.2. The molecular weight excluding hydrogens is 336 g/mol. The normalized spacial score (nSPS) is 22.0. The first-order valence-corrected chi connectivity index (χ1v) is 11.8. The highest BCUT2D eigenvalue weighted by molar-refractivity contribution is 8.06. The fourth-order valence-electron chi connectivity index (χ4n) is 3.70. The topological polar surface area (TPSA) is 26.3 Å². The lowest BCUT2D eigenvalue weighted by molar-refractivity contribution is -0.168. The van der Waals surface area contributed by atoms with Gasteiger partial charge in [-0.1, -0.05) is 54.4 Å². The lowest BCUT2D eigenvalue weighted by Crippen LogP contribution is -2.48. The highest BCUT2D eigenvalue weighted by atomic mass is 32.2. The zero-order chi connectivity index (χ0) is 18.4. The Balaban J connectivity index is 3.09. The Kier molecular flexibility index (Phi) is 8.52. The van der Waals surface area contributed by atoms with E-state index < -0.39 is 5.41 Å². The van der Waals surface area contributed by atoms with Crippen LogP contribution in [0.15, 0.2) is 0 Å². The molecule has 1 aliphatic rings. The third-order valence-electron chi connectivity index (χ3n) is 6.85. The summed E-state index contributed by atoms with van der Waals surface area (Å²) in [4.78, 5) is 13.4. The van der Waals surface area contributed by atoms with E-state index in [1.165, 1.54) is 5.75 Å². The van der Waals surface area contributed by atoms with Crippen molar-refractivity contribution in [2.45, 2.75) is 86.0 Å². The maximum absolute atomic E-state index is 13.4. The Bertz CT molecular complexity index is 396. The van der Waals surface area contributed by atoms with Gasteiger partial charge < -0.3 is 4.74 Å². The van der Waals surface area contributed by atoms with E-state index in [1.54, 1.807) is 11.8 Å². The summed E-state index contributed by atoms with van der Waals surface area (Å²) in [6, 6.07) is 0. The molecule has 0 aliphatic carbocycles. The molecule has 0 radical (unpaired) electrons. The molecule has 1 heterocycles. The monoisotopic (exact) mass is 374 g/mol. The van der Waals surface area contributed by atoms with E-state index in [0.717, 1.165) is 43.6 Å². The van der Waals surface area contributed by atoms with Gasteiger partial charge in [-0.05, 0) is 37.0 Å². The predicted octanol–water partition coefficient (Wildman–Crippen LogP) is 6.38. The molecule has 142 valence electrons. The van der Waals surface area contributed by atoms with E-state index >= 15 is 0 Å². The molecule has 4 heteroatoms. The molecule has 1 saturated heterocycles. The van der Waals surface area contributed by atoms with Crippen LogP contribution in [-0.2, 0) is 9.53 Å². The molecule has 2 unspecified atom stereocenters.